The van der Waals surface area contributed by atoms with Crippen LogP contribution in [0, 0.1) is 0 Å². The van der Waals surface area contributed by atoms with Gasteiger partial charge in [0.25, 0.3) is 0 Å². The van der Waals surface area contributed by atoms with Crippen LogP contribution in [0.3, 0.4) is 0 Å². The van der Waals surface area contributed by atoms with E-state index in [0.717, 1.165) is 22.5 Å². The molecule has 6 nitrogen and oxygen atoms in total. The lowest BCUT2D eigenvalue weighted by Crippen LogP contribution is -2.27. The highest BCUT2D eigenvalue weighted by molar-refractivity contribution is 8.00. The van der Waals surface area contributed by atoms with Gasteiger partial charge in [-0.05, 0) is 23.5 Å². The average molecular weight is 369 g/mol. The molecule has 2 heterocycles. The van der Waals surface area contributed by atoms with Crippen molar-refractivity contribution in [3.05, 3.63) is 47.9 Å². The highest BCUT2D eigenvalue weighted by atomic mass is 32.2. The normalized spacial score (nSPS) is 11.2. The van der Waals surface area contributed by atoms with E-state index in [2.05, 4.69) is 58.5 Å². The van der Waals surface area contributed by atoms with Crippen LogP contribution >= 0.6 is 11.8 Å². The second-order valence-electron chi connectivity index (χ2n) is 6.47. The lowest BCUT2D eigenvalue weighted by molar-refractivity contribution is -0.118. The fourth-order valence-electron chi connectivity index (χ4n) is 2.66. The third kappa shape index (κ3) is 4.40. The minimum atomic E-state index is 0.00412. The van der Waals surface area contributed by atoms with Crippen molar-refractivity contribution in [2.45, 2.75) is 31.2 Å². The Balaban J connectivity index is 1.47. The molecular weight excluding hydrogens is 346 g/mol. The molecule has 0 unspecified atom stereocenters. The van der Waals surface area contributed by atoms with Gasteiger partial charge in [-0.25, -0.2) is 9.97 Å². The van der Waals surface area contributed by atoms with Crippen molar-refractivity contribution in [1.29, 1.82) is 0 Å². The zero-order valence-corrected chi connectivity index (χ0v) is 16.1. The van der Waals surface area contributed by atoms with Crippen LogP contribution in [-0.4, -0.2) is 38.0 Å². The molecule has 3 rings (SSSR count). The maximum absolute atomic E-state index is 12.1. The summed E-state index contributed by atoms with van der Waals surface area (Å²) < 4.78 is 1.70. The van der Waals surface area contributed by atoms with Gasteiger partial charge in [-0.15, -0.1) is 0 Å². The molecule has 0 atom stereocenters. The van der Waals surface area contributed by atoms with E-state index in [1.807, 2.05) is 7.05 Å². The summed E-state index contributed by atoms with van der Waals surface area (Å²) in [6.45, 7) is 5.00. The van der Waals surface area contributed by atoms with E-state index in [1.165, 1.54) is 29.2 Å². The van der Waals surface area contributed by atoms with Gasteiger partial charge in [0.2, 0.25) is 5.91 Å². The van der Waals surface area contributed by atoms with Gasteiger partial charge >= 0.3 is 0 Å². The van der Waals surface area contributed by atoms with E-state index >= 15 is 0 Å². The van der Waals surface area contributed by atoms with E-state index in [0.29, 0.717) is 18.2 Å². The number of amides is 1. The summed E-state index contributed by atoms with van der Waals surface area (Å²) in [4.78, 5) is 20.6. The van der Waals surface area contributed by atoms with Gasteiger partial charge in [0.15, 0.2) is 5.65 Å². The Bertz CT molecular complexity index is 889. The molecule has 7 heteroatoms. The lowest BCUT2D eigenvalue weighted by atomic mass is 10.0. The Hall–Kier alpha value is -2.41. The number of carbonyl (C=O) groups excluding carboxylic acids is 1. The summed E-state index contributed by atoms with van der Waals surface area (Å²) in [6, 6.07) is 8.59. The van der Waals surface area contributed by atoms with E-state index < -0.39 is 0 Å². The molecule has 1 amide bonds. The van der Waals surface area contributed by atoms with E-state index in [-0.39, 0.29) is 5.91 Å². The van der Waals surface area contributed by atoms with Crippen LogP contribution in [0.25, 0.3) is 11.0 Å². The average Bonchev–Trinajstić information content (AvgIpc) is 3.02. The molecule has 3 aromatic rings. The number of nitrogens with one attached hydrogen (secondary N) is 1. The number of rotatable bonds is 7. The molecule has 0 aliphatic rings. The predicted octanol–water partition coefficient (Wildman–Crippen LogP) is 2.94. The number of hydrogen-bond acceptors (Lipinski definition) is 5. The number of aryl methyl sites for hydroxylation is 1. The molecule has 0 aliphatic carbocycles. The molecule has 0 radical (unpaired) electrons. The van der Waals surface area contributed by atoms with Gasteiger partial charge in [0.05, 0.1) is 17.3 Å². The first-order valence-electron chi connectivity index (χ1n) is 8.65. The SMILES string of the molecule is CC(C)c1ccc(CCNC(=O)CSc2ncnc3c2cnn3C)cc1. The number of carbonyl (C=O) groups is 1. The summed E-state index contributed by atoms with van der Waals surface area (Å²) in [5, 5.41) is 8.81. The van der Waals surface area contributed by atoms with Crippen molar-refractivity contribution >= 4 is 28.7 Å². The molecule has 0 saturated carbocycles. The zero-order valence-electron chi connectivity index (χ0n) is 15.3. The van der Waals surface area contributed by atoms with Crippen molar-refractivity contribution in [2.75, 3.05) is 12.3 Å². The van der Waals surface area contributed by atoms with Crippen LogP contribution in [0.15, 0.2) is 41.8 Å². The van der Waals surface area contributed by atoms with Crippen LogP contribution in [0.2, 0.25) is 0 Å². The van der Waals surface area contributed by atoms with Crippen molar-refractivity contribution < 1.29 is 4.79 Å². The van der Waals surface area contributed by atoms with E-state index in [4.69, 9.17) is 0 Å². The Labute approximate surface area is 157 Å². The van der Waals surface area contributed by atoms with Crippen LogP contribution in [0.5, 0.6) is 0 Å². The van der Waals surface area contributed by atoms with Gasteiger partial charge in [0.1, 0.15) is 11.4 Å². The number of aromatic nitrogens is 4. The van der Waals surface area contributed by atoms with Crippen molar-refractivity contribution in [3.8, 4) is 0 Å². The molecule has 1 aromatic carbocycles. The summed E-state index contributed by atoms with van der Waals surface area (Å²) in [6.07, 6.45) is 4.07. The first-order chi connectivity index (χ1) is 12.5. The van der Waals surface area contributed by atoms with Crippen molar-refractivity contribution in [1.82, 2.24) is 25.1 Å². The van der Waals surface area contributed by atoms with Crippen molar-refractivity contribution in [3.63, 3.8) is 0 Å². The van der Waals surface area contributed by atoms with Gasteiger partial charge in [-0.3, -0.25) is 9.48 Å². The lowest BCUT2D eigenvalue weighted by Gasteiger charge is -2.08. The number of hydrogen-bond donors (Lipinski definition) is 1. The predicted molar refractivity (Wildman–Crippen MR) is 104 cm³/mol. The van der Waals surface area contributed by atoms with Crippen molar-refractivity contribution in [2.24, 2.45) is 7.05 Å². The smallest absolute Gasteiger partial charge is 0.230 e. The van der Waals surface area contributed by atoms with Gasteiger partial charge < -0.3 is 5.32 Å². The standard InChI is InChI=1S/C19H23N5OS/c1-13(2)15-6-4-14(5-7-15)8-9-20-17(25)11-26-19-16-10-23-24(3)18(16)21-12-22-19/h4-7,10,12-13H,8-9,11H2,1-3H3,(H,20,25). The first-order valence-corrected chi connectivity index (χ1v) is 9.64. The molecule has 136 valence electrons. The molecule has 0 aliphatic heterocycles. The number of thioether (sulfide) groups is 1. The van der Waals surface area contributed by atoms with Gasteiger partial charge in [0, 0.05) is 13.6 Å². The van der Waals surface area contributed by atoms with Crippen LogP contribution < -0.4 is 5.32 Å². The minimum Gasteiger partial charge on any atom is -0.355 e. The Morgan fingerprint density at radius 3 is 2.73 bits per heavy atom. The van der Waals surface area contributed by atoms with Gasteiger partial charge in [-0.2, -0.15) is 5.10 Å². The summed E-state index contributed by atoms with van der Waals surface area (Å²) in [5.74, 6) is 0.867. The number of nitrogens with zero attached hydrogens (tertiary/aromatic N) is 4. The number of benzene rings is 1. The molecule has 2 aromatic heterocycles. The third-order valence-corrected chi connectivity index (χ3v) is 5.22. The highest BCUT2D eigenvalue weighted by Gasteiger charge is 2.10. The maximum atomic E-state index is 12.1. The Morgan fingerprint density at radius 1 is 1.23 bits per heavy atom. The summed E-state index contributed by atoms with van der Waals surface area (Å²) in [5.41, 5.74) is 3.34. The highest BCUT2D eigenvalue weighted by Crippen LogP contribution is 2.23. The summed E-state index contributed by atoms with van der Waals surface area (Å²) >= 11 is 1.41. The molecule has 0 bridgehead atoms. The zero-order chi connectivity index (χ0) is 18.5. The molecule has 0 saturated heterocycles. The van der Waals surface area contributed by atoms with Gasteiger partial charge in [-0.1, -0.05) is 49.9 Å². The summed E-state index contributed by atoms with van der Waals surface area (Å²) in [7, 11) is 1.84. The second kappa shape index (κ2) is 8.31. The molecular formula is C19H23N5OS. The second-order valence-corrected chi connectivity index (χ2v) is 7.43. The quantitative estimate of drug-likeness (QED) is 0.512. The van der Waals surface area contributed by atoms with Crippen LogP contribution in [0.1, 0.15) is 30.9 Å². The Morgan fingerprint density at radius 2 is 2.00 bits per heavy atom. The van der Waals surface area contributed by atoms with Crippen LogP contribution in [-0.2, 0) is 18.3 Å². The minimum absolute atomic E-state index is 0.00412. The largest absolute Gasteiger partial charge is 0.355 e. The first kappa shape index (κ1) is 18.4. The van der Waals surface area contributed by atoms with E-state index in [1.54, 1.807) is 10.9 Å². The maximum Gasteiger partial charge on any atom is 0.230 e. The van der Waals surface area contributed by atoms with Crippen LogP contribution in [0.4, 0.5) is 0 Å². The monoisotopic (exact) mass is 369 g/mol. The van der Waals surface area contributed by atoms with E-state index in [9.17, 15) is 4.79 Å². The third-order valence-electron chi connectivity index (χ3n) is 4.22. The molecule has 26 heavy (non-hydrogen) atoms. The fourth-order valence-corrected chi connectivity index (χ4v) is 3.45. The Kier molecular flexibility index (Phi) is 5.88. The molecule has 0 fully saturated rings. The number of fused-ring (bicyclic) bond motifs is 1. The molecule has 0 spiro atoms. The molecule has 1 N–H and O–H groups in total. The fraction of sp³-hybridized carbons (Fsp3) is 0.368. The topological polar surface area (TPSA) is 72.7 Å².